The van der Waals surface area contributed by atoms with Crippen LogP contribution in [0, 0.1) is 0 Å². The third kappa shape index (κ3) is 4.63. The molecule has 5 heteroatoms. The van der Waals surface area contributed by atoms with Crippen molar-refractivity contribution in [3.63, 3.8) is 0 Å². The Hall–Kier alpha value is -2.36. The Morgan fingerprint density at radius 3 is 2.08 bits per heavy atom. The largest absolute Gasteiger partial charge is 0.352 e. The van der Waals surface area contributed by atoms with Gasteiger partial charge in [-0.15, -0.1) is 0 Å². The fourth-order valence-electron chi connectivity index (χ4n) is 2.87. The van der Waals surface area contributed by atoms with Gasteiger partial charge in [0.15, 0.2) is 0 Å². The van der Waals surface area contributed by atoms with Crippen molar-refractivity contribution >= 4 is 29.1 Å². The van der Waals surface area contributed by atoms with Gasteiger partial charge in [0, 0.05) is 18.7 Å². The Labute approximate surface area is 163 Å². The van der Waals surface area contributed by atoms with Gasteiger partial charge in [0.25, 0.3) is 5.91 Å². The van der Waals surface area contributed by atoms with Gasteiger partial charge in [-0.25, -0.2) is 4.98 Å². The molecule has 3 aromatic rings. The van der Waals surface area contributed by atoms with Crippen molar-refractivity contribution in [2.75, 3.05) is 6.54 Å². The van der Waals surface area contributed by atoms with Crippen molar-refractivity contribution in [1.29, 1.82) is 0 Å². The van der Waals surface area contributed by atoms with Crippen LogP contribution in [0.3, 0.4) is 0 Å². The number of hydrogen-bond acceptors (Lipinski definition) is 2. The molecule has 0 atom stereocenters. The molecule has 0 saturated heterocycles. The van der Waals surface area contributed by atoms with Gasteiger partial charge < -0.3 is 5.32 Å². The summed E-state index contributed by atoms with van der Waals surface area (Å²) in [5.41, 5.74) is 2.85. The summed E-state index contributed by atoms with van der Waals surface area (Å²) in [5, 5.41) is 3.40. The maximum atomic E-state index is 12.3. The van der Waals surface area contributed by atoms with Crippen LogP contribution in [0.1, 0.15) is 33.8 Å². The first-order chi connectivity index (χ1) is 12.6. The highest BCUT2D eigenvalue weighted by atomic mass is 35.5. The molecule has 1 aromatic heterocycles. The SMILES string of the molecule is O=C(NCCC(c1ccccc1)c1ccccc1)c1cnc(Cl)c(Cl)c1. The molecule has 0 bridgehead atoms. The molecule has 1 heterocycles. The zero-order chi connectivity index (χ0) is 18.4. The summed E-state index contributed by atoms with van der Waals surface area (Å²) in [6.07, 6.45) is 2.21. The predicted octanol–water partition coefficient (Wildman–Crippen LogP) is 5.34. The van der Waals surface area contributed by atoms with Crippen LogP contribution in [-0.4, -0.2) is 17.4 Å². The minimum atomic E-state index is -0.212. The van der Waals surface area contributed by atoms with Crippen LogP contribution in [0.15, 0.2) is 72.9 Å². The number of carbonyl (C=O) groups excluding carboxylic acids is 1. The van der Waals surface area contributed by atoms with Crippen molar-refractivity contribution in [1.82, 2.24) is 10.3 Å². The number of rotatable bonds is 6. The Morgan fingerprint density at radius 1 is 0.962 bits per heavy atom. The van der Waals surface area contributed by atoms with E-state index in [0.717, 1.165) is 6.42 Å². The Kier molecular flexibility index (Phi) is 6.26. The topological polar surface area (TPSA) is 42.0 Å². The maximum Gasteiger partial charge on any atom is 0.252 e. The second-order valence-corrected chi connectivity index (χ2v) is 6.68. The quantitative estimate of drug-likeness (QED) is 0.582. The molecule has 0 aliphatic heterocycles. The summed E-state index contributed by atoms with van der Waals surface area (Å²) in [6.45, 7) is 0.535. The van der Waals surface area contributed by atoms with E-state index in [1.807, 2.05) is 36.4 Å². The lowest BCUT2D eigenvalue weighted by Gasteiger charge is -2.18. The molecule has 2 aromatic carbocycles. The molecule has 1 amide bonds. The van der Waals surface area contributed by atoms with E-state index in [2.05, 4.69) is 34.6 Å². The van der Waals surface area contributed by atoms with E-state index in [1.165, 1.54) is 23.4 Å². The second kappa shape index (κ2) is 8.84. The van der Waals surface area contributed by atoms with Crippen molar-refractivity contribution in [3.8, 4) is 0 Å². The van der Waals surface area contributed by atoms with Gasteiger partial charge in [0.05, 0.1) is 10.6 Å². The van der Waals surface area contributed by atoms with Gasteiger partial charge in [-0.1, -0.05) is 83.9 Å². The second-order valence-electron chi connectivity index (χ2n) is 5.92. The van der Waals surface area contributed by atoms with Gasteiger partial charge in [0.1, 0.15) is 5.15 Å². The summed E-state index contributed by atoms with van der Waals surface area (Å²) in [4.78, 5) is 16.2. The van der Waals surface area contributed by atoms with E-state index in [0.29, 0.717) is 12.1 Å². The minimum Gasteiger partial charge on any atom is -0.352 e. The third-order valence-corrected chi connectivity index (χ3v) is 4.87. The fourth-order valence-corrected chi connectivity index (χ4v) is 3.14. The van der Waals surface area contributed by atoms with Crippen LogP contribution in [-0.2, 0) is 0 Å². The van der Waals surface area contributed by atoms with Crippen molar-refractivity contribution < 1.29 is 4.79 Å². The van der Waals surface area contributed by atoms with Crippen molar-refractivity contribution in [3.05, 3.63) is 99.8 Å². The summed E-state index contributed by atoms with van der Waals surface area (Å²) in [7, 11) is 0. The average molecular weight is 385 g/mol. The molecule has 0 aliphatic carbocycles. The highest BCUT2D eigenvalue weighted by Gasteiger charge is 2.15. The first-order valence-electron chi connectivity index (χ1n) is 8.34. The fraction of sp³-hybridized carbons (Fsp3) is 0.143. The van der Waals surface area contributed by atoms with Gasteiger partial charge in [-0.05, 0) is 23.6 Å². The Bertz CT molecular complexity index is 830. The third-order valence-electron chi connectivity index (χ3n) is 4.18. The molecule has 3 nitrogen and oxygen atoms in total. The van der Waals surface area contributed by atoms with E-state index in [9.17, 15) is 4.79 Å². The summed E-state index contributed by atoms with van der Waals surface area (Å²) in [6, 6.07) is 22.1. The number of benzene rings is 2. The number of pyridine rings is 1. The Morgan fingerprint density at radius 2 is 1.54 bits per heavy atom. The van der Waals surface area contributed by atoms with Crippen LogP contribution in [0.25, 0.3) is 0 Å². The minimum absolute atomic E-state index is 0.191. The summed E-state index contributed by atoms with van der Waals surface area (Å²) >= 11 is 11.7. The number of hydrogen-bond donors (Lipinski definition) is 1. The zero-order valence-electron chi connectivity index (χ0n) is 14.0. The highest BCUT2D eigenvalue weighted by molar-refractivity contribution is 6.41. The molecule has 0 spiro atoms. The van der Waals surface area contributed by atoms with Crippen molar-refractivity contribution in [2.45, 2.75) is 12.3 Å². The highest BCUT2D eigenvalue weighted by Crippen LogP contribution is 2.27. The lowest BCUT2D eigenvalue weighted by molar-refractivity contribution is 0.0952. The molecule has 26 heavy (non-hydrogen) atoms. The standard InChI is InChI=1S/C21H18Cl2N2O/c22-19-13-17(14-25-20(19)23)21(26)24-12-11-18(15-7-3-1-4-8-15)16-9-5-2-6-10-16/h1-10,13-14,18H,11-12H2,(H,24,26). The molecule has 0 radical (unpaired) electrons. The number of amides is 1. The number of nitrogens with zero attached hydrogens (tertiary/aromatic N) is 1. The van der Waals surface area contributed by atoms with Crippen molar-refractivity contribution in [2.24, 2.45) is 0 Å². The maximum absolute atomic E-state index is 12.3. The molecule has 0 saturated carbocycles. The molecule has 0 fully saturated rings. The van der Waals surface area contributed by atoms with Gasteiger partial charge in [0.2, 0.25) is 0 Å². The normalized spacial score (nSPS) is 10.7. The Balaban J connectivity index is 1.68. The zero-order valence-corrected chi connectivity index (χ0v) is 15.5. The van der Waals surface area contributed by atoms with Crippen LogP contribution in [0.5, 0.6) is 0 Å². The molecular formula is C21H18Cl2N2O. The van der Waals surface area contributed by atoms with Crippen LogP contribution in [0.4, 0.5) is 0 Å². The van der Waals surface area contributed by atoms with Gasteiger partial charge in [-0.3, -0.25) is 4.79 Å². The molecule has 0 unspecified atom stereocenters. The lowest BCUT2D eigenvalue weighted by atomic mass is 9.88. The van der Waals surface area contributed by atoms with Crippen LogP contribution in [0.2, 0.25) is 10.2 Å². The van der Waals surface area contributed by atoms with Crippen LogP contribution < -0.4 is 5.32 Å². The lowest BCUT2D eigenvalue weighted by Crippen LogP contribution is -2.26. The number of nitrogens with one attached hydrogen (secondary N) is 1. The number of halogens is 2. The van der Waals surface area contributed by atoms with E-state index in [-0.39, 0.29) is 22.0 Å². The summed E-state index contributed by atoms with van der Waals surface area (Å²) in [5.74, 6) is 0.000529. The monoisotopic (exact) mass is 384 g/mol. The van der Waals surface area contributed by atoms with E-state index >= 15 is 0 Å². The van der Waals surface area contributed by atoms with E-state index < -0.39 is 0 Å². The predicted molar refractivity (Wildman–Crippen MR) is 106 cm³/mol. The van der Waals surface area contributed by atoms with E-state index in [4.69, 9.17) is 23.2 Å². The number of aromatic nitrogens is 1. The molecular weight excluding hydrogens is 367 g/mol. The van der Waals surface area contributed by atoms with Crippen LogP contribution >= 0.6 is 23.2 Å². The molecule has 1 N–H and O–H groups in total. The molecule has 132 valence electrons. The number of carbonyl (C=O) groups is 1. The smallest absolute Gasteiger partial charge is 0.252 e. The molecule has 0 aliphatic rings. The first kappa shape index (κ1) is 18.4. The van der Waals surface area contributed by atoms with Gasteiger partial charge >= 0.3 is 0 Å². The summed E-state index contributed by atoms with van der Waals surface area (Å²) < 4.78 is 0. The van der Waals surface area contributed by atoms with E-state index in [1.54, 1.807) is 0 Å². The first-order valence-corrected chi connectivity index (χ1v) is 9.10. The average Bonchev–Trinajstić information content (AvgIpc) is 2.68. The molecule has 3 rings (SSSR count). The van der Waals surface area contributed by atoms with Gasteiger partial charge in [-0.2, -0.15) is 0 Å².